The molecule has 1 aromatic rings. The molecule has 0 aliphatic rings. The minimum atomic E-state index is -0.420. The second-order valence-corrected chi connectivity index (χ2v) is 5.29. The van der Waals surface area contributed by atoms with Gasteiger partial charge in [0.1, 0.15) is 0 Å². The van der Waals surface area contributed by atoms with Crippen LogP contribution in [0.4, 0.5) is 0 Å². The average molecular weight is 255 g/mol. The van der Waals surface area contributed by atoms with E-state index in [4.69, 9.17) is 10.5 Å². The minimum Gasteiger partial charge on any atom is -0.390 e. The second-order valence-electron chi connectivity index (χ2n) is 4.19. The van der Waals surface area contributed by atoms with Crippen molar-refractivity contribution in [3.8, 4) is 0 Å². The van der Waals surface area contributed by atoms with Crippen LogP contribution in [0.25, 0.3) is 0 Å². The van der Waals surface area contributed by atoms with Crippen LogP contribution in [0.1, 0.15) is 19.4 Å². The molecule has 0 saturated carbocycles. The Morgan fingerprint density at radius 3 is 2.47 bits per heavy atom. The molecule has 0 saturated heterocycles. The quantitative estimate of drug-likeness (QED) is 0.732. The number of hydrogen-bond acceptors (Lipinski definition) is 4. The predicted octanol–water partition coefficient (Wildman–Crippen LogP) is 2.02. The molecular formula is C13H21NO2S. The highest BCUT2D eigenvalue weighted by Gasteiger charge is 2.06. The average Bonchev–Trinajstić information content (AvgIpc) is 2.34. The van der Waals surface area contributed by atoms with Gasteiger partial charge in [-0.1, -0.05) is 12.1 Å². The van der Waals surface area contributed by atoms with Crippen molar-refractivity contribution < 1.29 is 9.84 Å². The summed E-state index contributed by atoms with van der Waals surface area (Å²) in [5, 5.41) is 9.69. The third-order valence-electron chi connectivity index (χ3n) is 2.22. The van der Waals surface area contributed by atoms with E-state index in [2.05, 4.69) is 0 Å². The van der Waals surface area contributed by atoms with E-state index in [-0.39, 0.29) is 6.10 Å². The Labute approximate surface area is 107 Å². The molecular weight excluding hydrogens is 234 g/mol. The number of rotatable bonds is 7. The monoisotopic (exact) mass is 255 g/mol. The Hall–Kier alpha value is -0.550. The van der Waals surface area contributed by atoms with Gasteiger partial charge in [-0.05, 0) is 31.5 Å². The lowest BCUT2D eigenvalue weighted by Gasteiger charge is -2.13. The fourth-order valence-corrected chi connectivity index (χ4v) is 2.08. The predicted molar refractivity (Wildman–Crippen MR) is 72.2 cm³/mol. The first-order chi connectivity index (χ1) is 8.11. The summed E-state index contributed by atoms with van der Waals surface area (Å²) in [5.41, 5.74) is 6.65. The van der Waals surface area contributed by atoms with E-state index in [1.165, 1.54) is 0 Å². The molecule has 3 nitrogen and oxygen atoms in total. The number of nitrogens with two attached hydrogens (primary N) is 1. The van der Waals surface area contributed by atoms with E-state index in [0.29, 0.717) is 18.9 Å². The van der Waals surface area contributed by atoms with Crippen LogP contribution in [0, 0.1) is 0 Å². The van der Waals surface area contributed by atoms with Gasteiger partial charge in [-0.15, -0.1) is 11.8 Å². The van der Waals surface area contributed by atoms with Crippen LogP contribution in [0.15, 0.2) is 29.2 Å². The summed E-state index contributed by atoms with van der Waals surface area (Å²) in [6, 6.07) is 8.09. The summed E-state index contributed by atoms with van der Waals surface area (Å²) in [6.07, 6.45) is -0.255. The van der Waals surface area contributed by atoms with Crippen molar-refractivity contribution in [3.63, 3.8) is 0 Å². The van der Waals surface area contributed by atoms with Gasteiger partial charge in [0.05, 0.1) is 18.8 Å². The van der Waals surface area contributed by atoms with Crippen LogP contribution >= 0.6 is 11.8 Å². The largest absolute Gasteiger partial charge is 0.390 e. The SMILES string of the molecule is CC(C)OCC(O)CSc1ccc(CN)cc1. The first-order valence-corrected chi connectivity index (χ1v) is 6.82. The van der Waals surface area contributed by atoms with Crippen molar-refractivity contribution in [1.82, 2.24) is 0 Å². The molecule has 96 valence electrons. The van der Waals surface area contributed by atoms with Gasteiger partial charge in [-0.3, -0.25) is 0 Å². The first kappa shape index (κ1) is 14.5. The zero-order chi connectivity index (χ0) is 12.7. The number of ether oxygens (including phenoxy) is 1. The van der Waals surface area contributed by atoms with Crippen LogP contribution in [-0.2, 0) is 11.3 Å². The molecule has 17 heavy (non-hydrogen) atoms. The molecule has 0 fully saturated rings. The Balaban J connectivity index is 2.29. The molecule has 0 spiro atoms. The number of hydrogen-bond donors (Lipinski definition) is 2. The molecule has 1 atom stereocenters. The fraction of sp³-hybridized carbons (Fsp3) is 0.538. The third kappa shape index (κ3) is 6.07. The van der Waals surface area contributed by atoms with E-state index < -0.39 is 6.10 Å². The maximum absolute atomic E-state index is 9.69. The van der Waals surface area contributed by atoms with Crippen molar-refractivity contribution in [3.05, 3.63) is 29.8 Å². The van der Waals surface area contributed by atoms with Gasteiger partial charge in [0.2, 0.25) is 0 Å². The second kappa shape index (κ2) is 7.71. The number of aliphatic hydroxyl groups is 1. The van der Waals surface area contributed by atoms with Crippen LogP contribution in [0.3, 0.4) is 0 Å². The van der Waals surface area contributed by atoms with Gasteiger partial charge >= 0.3 is 0 Å². The first-order valence-electron chi connectivity index (χ1n) is 5.83. The van der Waals surface area contributed by atoms with Crippen molar-refractivity contribution in [1.29, 1.82) is 0 Å². The highest BCUT2D eigenvalue weighted by atomic mass is 32.2. The number of benzene rings is 1. The molecule has 1 unspecified atom stereocenters. The smallest absolute Gasteiger partial charge is 0.0867 e. The molecule has 3 N–H and O–H groups in total. The van der Waals surface area contributed by atoms with E-state index in [0.717, 1.165) is 10.5 Å². The van der Waals surface area contributed by atoms with Gasteiger partial charge in [0.15, 0.2) is 0 Å². The topological polar surface area (TPSA) is 55.5 Å². The molecule has 0 bridgehead atoms. The lowest BCUT2D eigenvalue weighted by molar-refractivity contribution is 0.0152. The standard InChI is InChI=1S/C13H21NO2S/c1-10(2)16-8-12(15)9-17-13-5-3-11(7-14)4-6-13/h3-6,10,12,15H,7-9,14H2,1-2H3. The fourth-order valence-electron chi connectivity index (χ4n) is 1.27. The maximum atomic E-state index is 9.69. The lowest BCUT2D eigenvalue weighted by Crippen LogP contribution is -2.20. The summed E-state index contributed by atoms with van der Waals surface area (Å²) in [7, 11) is 0. The van der Waals surface area contributed by atoms with Crippen molar-refractivity contribution >= 4 is 11.8 Å². The molecule has 0 aliphatic carbocycles. The molecule has 1 rings (SSSR count). The Bertz CT molecular complexity index is 314. The molecule has 4 heteroatoms. The van der Waals surface area contributed by atoms with Crippen molar-refractivity contribution in [2.24, 2.45) is 5.73 Å². The zero-order valence-corrected chi connectivity index (χ0v) is 11.2. The van der Waals surface area contributed by atoms with E-state index in [1.807, 2.05) is 38.1 Å². The Morgan fingerprint density at radius 1 is 1.29 bits per heavy atom. The molecule has 1 aromatic carbocycles. The van der Waals surface area contributed by atoms with Crippen LogP contribution in [0.5, 0.6) is 0 Å². The van der Waals surface area contributed by atoms with Crippen LogP contribution in [-0.4, -0.2) is 29.7 Å². The highest BCUT2D eigenvalue weighted by molar-refractivity contribution is 7.99. The van der Waals surface area contributed by atoms with Crippen LogP contribution < -0.4 is 5.73 Å². The Kier molecular flexibility index (Phi) is 6.58. The van der Waals surface area contributed by atoms with Gasteiger partial charge in [0.25, 0.3) is 0 Å². The summed E-state index contributed by atoms with van der Waals surface area (Å²) >= 11 is 1.63. The molecule has 0 amide bonds. The van der Waals surface area contributed by atoms with Crippen molar-refractivity contribution in [2.45, 2.75) is 37.5 Å². The normalized spacial score (nSPS) is 13.0. The molecule has 0 radical (unpaired) electrons. The van der Waals surface area contributed by atoms with Gasteiger partial charge in [-0.25, -0.2) is 0 Å². The zero-order valence-electron chi connectivity index (χ0n) is 10.4. The minimum absolute atomic E-state index is 0.165. The number of thioether (sulfide) groups is 1. The lowest BCUT2D eigenvalue weighted by atomic mass is 10.2. The number of aliphatic hydroxyl groups excluding tert-OH is 1. The van der Waals surface area contributed by atoms with E-state index >= 15 is 0 Å². The van der Waals surface area contributed by atoms with E-state index in [9.17, 15) is 5.11 Å². The van der Waals surface area contributed by atoms with Gasteiger partial charge in [0, 0.05) is 17.2 Å². The molecule has 0 aliphatic heterocycles. The summed E-state index contributed by atoms with van der Waals surface area (Å²) in [5.74, 6) is 0.648. The summed E-state index contributed by atoms with van der Waals surface area (Å²) in [4.78, 5) is 1.14. The molecule has 0 heterocycles. The van der Waals surface area contributed by atoms with Gasteiger partial charge in [-0.2, -0.15) is 0 Å². The van der Waals surface area contributed by atoms with Gasteiger partial charge < -0.3 is 15.6 Å². The van der Waals surface area contributed by atoms with Crippen LogP contribution in [0.2, 0.25) is 0 Å². The highest BCUT2D eigenvalue weighted by Crippen LogP contribution is 2.19. The third-order valence-corrected chi connectivity index (χ3v) is 3.38. The van der Waals surface area contributed by atoms with E-state index in [1.54, 1.807) is 11.8 Å². The van der Waals surface area contributed by atoms with Crippen molar-refractivity contribution in [2.75, 3.05) is 12.4 Å². The summed E-state index contributed by atoms with van der Waals surface area (Å²) in [6.45, 7) is 4.89. The Morgan fingerprint density at radius 2 is 1.94 bits per heavy atom. The maximum Gasteiger partial charge on any atom is 0.0867 e. The molecule has 0 aromatic heterocycles. The summed E-state index contributed by atoms with van der Waals surface area (Å²) < 4.78 is 5.35.